The molecule has 0 unspecified atom stereocenters. The topological polar surface area (TPSA) is 156 Å². The lowest BCUT2D eigenvalue weighted by Crippen LogP contribution is -2.25. The van der Waals surface area contributed by atoms with Crippen molar-refractivity contribution in [2.45, 2.75) is 12.7 Å². The van der Waals surface area contributed by atoms with E-state index in [1.54, 1.807) is 18.2 Å². The summed E-state index contributed by atoms with van der Waals surface area (Å²) < 4.78 is 40.3. The van der Waals surface area contributed by atoms with Gasteiger partial charge in [0.25, 0.3) is 0 Å². The number of carbonyl (C=O) groups excluding carboxylic acids is 1. The highest BCUT2D eigenvalue weighted by atomic mass is 32.2. The molecule has 0 aliphatic rings. The second-order valence-electron chi connectivity index (χ2n) is 6.85. The number of ether oxygens (including phenoxy) is 2. The van der Waals surface area contributed by atoms with Crippen LogP contribution in [0.5, 0.6) is 11.5 Å². The van der Waals surface area contributed by atoms with Crippen molar-refractivity contribution in [1.29, 1.82) is 0 Å². The van der Waals surface area contributed by atoms with Crippen LogP contribution in [-0.4, -0.2) is 39.7 Å². The van der Waals surface area contributed by atoms with Crippen LogP contribution < -0.4 is 20.9 Å². The van der Waals surface area contributed by atoms with Crippen molar-refractivity contribution < 1.29 is 26.9 Å². The molecule has 0 spiro atoms. The van der Waals surface area contributed by atoms with Gasteiger partial charge < -0.3 is 25.1 Å². The van der Waals surface area contributed by atoms with Gasteiger partial charge in [-0.15, -0.1) is 4.99 Å². The van der Waals surface area contributed by atoms with E-state index < -0.39 is 27.9 Å². The number of amides is 1. The maximum atomic E-state index is 12.5. The van der Waals surface area contributed by atoms with Gasteiger partial charge in [0.1, 0.15) is 17.3 Å². The fourth-order valence-corrected chi connectivity index (χ4v) is 3.98. The monoisotopic (exact) mass is 458 g/mol. The summed E-state index contributed by atoms with van der Waals surface area (Å²) in [7, 11) is -1.39. The number of methoxy groups -OCH3 is 2. The van der Waals surface area contributed by atoms with Gasteiger partial charge in [-0.05, 0) is 18.6 Å². The van der Waals surface area contributed by atoms with E-state index in [1.165, 1.54) is 14.2 Å². The van der Waals surface area contributed by atoms with E-state index in [0.29, 0.717) is 39.2 Å². The molecule has 0 bridgehead atoms. The zero-order valence-corrected chi connectivity index (χ0v) is 18.5. The quantitative estimate of drug-likeness (QED) is 0.322. The first-order chi connectivity index (χ1) is 15.1. The van der Waals surface area contributed by atoms with E-state index in [2.05, 4.69) is 14.2 Å². The number of fused-ring (bicyclic) bond motifs is 1. The second-order valence-corrected chi connectivity index (χ2v) is 8.42. The molecule has 0 atom stereocenters. The van der Waals surface area contributed by atoms with Crippen LogP contribution in [0.2, 0.25) is 0 Å². The van der Waals surface area contributed by atoms with Gasteiger partial charge in [-0.1, -0.05) is 29.8 Å². The fourth-order valence-electron chi connectivity index (χ4n) is 3.07. The van der Waals surface area contributed by atoms with Crippen molar-refractivity contribution in [3.8, 4) is 22.8 Å². The summed E-state index contributed by atoms with van der Waals surface area (Å²) >= 11 is 0. The lowest BCUT2D eigenvalue weighted by Gasteiger charge is -2.14. The Morgan fingerprint density at radius 3 is 2.34 bits per heavy atom. The van der Waals surface area contributed by atoms with Crippen molar-refractivity contribution in [1.82, 2.24) is 4.98 Å². The van der Waals surface area contributed by atoms with Gasteiger partial charge >= 0.3 is 16.2 Å². The number of hydrogen-bond donors (Lipinski definition) is 2. The van der Waals surface area contributed by atoms with Gasteiger partial charge in [-0.3, -0.25) is 0 Å². The Morgan fingerprint density at radius 1 is 1.06 bits per heavy atom. The van der Waals surface area contributed by atoms with Crippen LogP contribution in [-0.2, 0) is 20.1 Å². The summed E-state index contributed by atoms with van der Waals surface area (Å²) in [5.41, 5.74) is 13.1. The molecule has 0 aliphatic carbocycles. The molecule has 32 heavy (non-hydrogen) atoms. The lowest BCUT2D eigenvalue weighted by molar-refractivity contribution is 0.213. The molecule has 1 heterocycles. The molecule has 0 saturated heterocycles. The third-order valence-electron chi connectivity index (χ3n) is 4.48. The maximum absolute atomic E-state index is 12.5. The molecule has 3 rings (SSSR count). The average Bonchev–Trinajstić information content (AvgIpc) is 2.71. The molecule has 168 valence electrons. The van der Waals surface area contributed by atoms with Gasteiger partial charge in [-0.2, -0.15) is 8.42 Å². The maximum Gasteiger partial charge on any atom is 0.452 e. The summed E-state index contributed by atoms with van der Waals surface area (Å²) in [6, 6.07) is 12.4. The number of rotatable bonds is 6. The Kier molecular flexibility index (Phi) is 6.49. The standard InChI is InChI=1S/C21H22N4O6S/c1-12-4-6-13(7-5-12)19-14(11-32(27,28)31-21(26)25-20(22)23)8-16-17(24-19)9-15(29-2)10-18(16)30-3/h4-10H,11H2,1-3H3,(H4,22,23,25,26). The molecule has 4 N–H and O–H groups in total. The van der Waals surface area contributed by atoms with E-state index in [9.17, 15) is 13.2 Å². The number of nitrogens with zero attached hydrogens (tertiary/aromatic N) is 2. The molecule has 3 aromatic rings. The molecular weight excluding hydrogens is 436 g/mol. The predicted octanol–water partition coefficient (Wildman–Crippen LogP) is 2.47. The number of carbonyl (C=O) groups is 1. The number of hydrogen-bond acceptors (Lipinski definition) is 7. The highest BCUT2D eigenvalue weighted by molar-refractivity contribution is 7.86. The minimum absolute atomic E-state index is 0.294. The van der Waals surface area contributed by atoms with Crippen molar-refractivity contribution >= 4 is 33.1 Å². The van der Waals surface area contributed by atoms with E-state index in [0.717, 1.165) is 5.56 Å². The SMILES string of the molecule is COc1cc(OC)c2cc(CS(=O)(=O)OC(=O)N=C(N)N)c(-c3ccc(C)cc3)nc2c1. The average molecular weight is 458 g/mol. The number of aryl methyl sites for hydroxylation is 1. The molecule has 0 saturated carbocycles. The van der Waals surface area contributed by atoms with Crippen LogP contribution in [0.15, 0.2) is 47.5 Å². The van der Waals surface area contributed by atoms with Crippen molar-refractivity contribution in [2.24, 2.45) is 16.5 Å². The van der Waals surface area contributed by atoms with Crippen molar-refractivity contribution in [3.05, 3.63) is 53.6 Å². The molecular formula is C21H22N4O6S. The first kappa shape index (κ1) is 22.8. The summed E-state index contributed by atoms with van der Waals surface area (Å²) in [5, 5.41) is 0.560. The van der Waals surface area contributed by atoms with Crippen LogP contribution >= 0.6 is 0 Å². The van der Waals surface area contributed by atoms with Crippen LogP contribution in [0, 0.1) is 6.92 Å². The van der Waals surface area contributed by atoms with E-state index in [4.69, 9.17) is 20.9 Å². The Hall–Kier alpha value is -3.86. The van der Waals surface area contributed by atoms with Crippen LogP contribution in [0.25, 0.3) is 22.2 Å². The Bertz CT molecular complexity index is 1300. The lowest BCUT2D eigenvalue weighted by atomic mass is 10.0. The molecule has 0 radical (unpaired) electrons. The number of benzene rings is 2. The minimum Gasteiger partial charge on any atom is -0.497 e. The van der Waals surface area contributed by atoms with Crippen molar-refractivity contribution in [3.63, 3.8) is 0 Å². The van der Waals surface area contributed by atoms with Gasteiger partial charge in [0, 0.05) is 23.1 Å². The number of aromatic nitrogens is 1. The van der Waals surface area contributed by atoms with Gasteiger partial charge in [0.2, 0.25) is 0 Å². The first-order valence-electron chi connectivity index (χ1n) is 9.30. The predicted molar refractivity (Wildman–Crippen MR) is 120 cm³/mol. The van der Waals surface area contributed by atoms with Crippen LogP contribution in [0.1, 0.15) is 11.1 Å². The summed E-state index contributed by atoms with van der Waals surface area (Å²) in [4.78, 5) is 19.4. The molecule has 0 fully saturated rings. The van der Waals surface area contributed by atoms with Crippen molar-refractivity contribution in [2.75, 3.05) is 14.2 Å². The fraction of sp³-hybridized carbons (Fsp3) is 0.190. The zero-order valence-electron chi connectivity index (χ0n) is 17.7. The molecule has 11 heteroatoms. The molecule has 2 aromatic carbocycles. The molecule has 10 nitrogen and oxygen atoms in total. The molecule has 1 amide bonds. The van der Waals surface area contributed by atoms with E-state index in [1.807, 2.05) is 31.2 Å². The zero-order chi connectivity index (χ0) is 23.5. The summed E-state index contributed by atoms with van der Waals surface area (Å²) in [6.45, 7) is 1.93. The number of nitrogens with two attached hydrogens (primary N) is 2. The Labute approximate surface area is 184 Å². The smallest absolute Gasteiger partial charge is 0.452 e. The van der Waals surface area contributed by atoms with Gasteiger partial charge in [0.15, 0.2) is 5.96 Å². The number of pyridine rings is 1. The van der Waals surface area contributed by atoms with Crippen LogP contribution in [0.3, 0.4) is 0 Å². The molecule has 1 aromatic heterocycles. The third kappa shape index (κ3) is 5.24. The second kappa shape index (κ2) is 9.10. The Morgan fingerprint density at radius 2 is 1.75 bits per heavy atom. The molecule has 0 aliphatic heterocycles. The highest BCUT2D eigenvalue weighted by Crippen LogP contribution is 2.35. The normalized spacial score (nSPS) is 11.1. The largest absolute Gasteiger partial charge is 0.497 e. The minimum atomic E-state index is -4.39. The summed E-state index contributed by atoms with van der Waals surface area (Å²) in [5.74, 6) is -0.293. The van der Waals surface area contributed by atoms with E-state index >= 15 is 0 Å². The van der Waals surface area contributed by atoms with Crippen LogP contribution in [0.4, 0.5) is 4.79 Å². The third-order valence-corrected chi connectivity index (χ3v) is 5.54. The van der Waals surface area contributed by atoms with Gasteiger partial charge in [-0.25, -0.2) is 9.78 Å². The van der Waals surface area contributed by atoms with E-state index in [-0.39, 0.29) is 0 Å². The van der Waals surface area contributed by atoms with Gasteiger partial charge in [0.05, 0.1) is 25.4 Å². The summed E-state index contributed by atoms with van der Waals surface area (Å²) in [6.07, 6.45) is -1.43. The number of aliphatic imine (C=N–C) groups is 1. The number of guanidine groups is 1. The highest BCUT2D eigenvalue weighted by Gasteiger charge is 2.23. The Balaban J connectivity index is 2.17. The first-order valence-corrected chi connectivity index (χ1v) is 10.9.